The summed E-state index contributed by atoms with van der Waals surface area (Å²) in [5.41, 5.74) is 2.60. The lowest BCUT2D eigenvalue weighted by molar-refractivity contribution is -0.123. The van der Waals surface area contributed by atoms with Crippen LogP contribution in [0.5, 0.6) is 5.75 Å². The number of fused-ring (bicyclic) bond motifs is 1. The van der Waals surface area contributed by atoms with Crippen molar-refractivity contribution in [1.29, 1.82) is 0 Å². The topological polar surface area (TPSA) is 94.0 Å². The van der Waals surface area contributed by atoms with Gasteiger partial charge in [0.25, 0.3) is 5.91 Å². The molecule has 1 atom stereocenters. The maximum absolute atomic E-state index is 12.0. The van der Waals surface area contributed by atoms with E-state index in [0.29, 0.717) is 24.8 Å². The van der Waals surface area contributed by atoms with Crippen LogP contribution in [0.15, 0.2) is 42.7 Å². The van der Waals surface area contributed by atoms with E-state index in [2.05, 4.69) is 20.6 Å². The molecule has 8 heteroatoms. The second-order valence-electron chi connectivity index (χ2n) is 6.48. The maximum atomic E-state index is 12.0. The van der Waals surface area contributed by atoms with E-state index in [1.165, 1.54) is 0 Å². The lowest BCUT2D eigenvalue weighted by Crippen LogP contribution is -2.31. The van der Waals surface area contributed by atoms with E-state index in [0.717, 1.165) is 36.4 Å². The minimum Gasteiger partial charge on any atom is -0.484 e. The molecule has 3 heterocycles. The number of benzene rings is 1. The number of hydrogen-bond acceptors (Lipinski definition) is 6. The van der Waals surface area contributed by atoms with Gasteiger partial charge in [-0.3, -0.25) is 4.79 Å². The first-order valence-electron chi connectivity index (χ1n) is 9.14. The summed E-state index contributed by atoms with van der Waals surface area (Å²) < 4.78 is 7.28. The van der Waals surface area contributed by atoms with Crippen LogP contribution in [0.1, 0.15) is 18.0 Å². The van der Waals surface area contributed by atoms with Crippen LogP contribution in [0.3, 0.4) is 0 Å². The molecule has 27 heavy (non-hydrogen) atoms. The third-order valence-electron chi connectivity index (χ3n) is 4.60. The molecule has 0 spiro atoms. The molecule has 3 aromatic rings. The predicted octanol–water partition coefficient (Wildman–Crippen LogP) is 1.10. The van der Waals surface area contributed by atoms with Crippen molar-refractivity contribution < 1.29 is 9.53 Å². The smallest absolute Gasteiger partial charge is 0.258 e. The number of carbonyl (C=O) groups excluding carboxylic acids is 1. The molecule has 1 amide bonds. The predicted molar refractivity (Wildman–Crippen MR) is 100 cm³/mol. The summed E-state index contributed by atoms with van der Waals surface area (Å²) in [7, 11) is 0. The fourth-order valence-corrected chi connectivity index (χ4v) is 3.26. The van der Waals surface area contributed by atoms with Crippen molar-refractivity contribution >= 4 is 17.1 Å². The van der Waals surface area contributed by atoms with Gasteiger partial charge in [0.05, 0.1) is 12.2 Å². The number of nitrogens with zero attached hydrogens (tertiary/aromatic N) is 4. The Labute approximate surface area is 157 Å². The Hall–Kier alpha value is -3.00. The SMILES string of the molecule is O=C(COc1ccccc1)NCCn1nc([C@H]2CCNC2)c2nccnc21. The third-order valence-corrected chi connectivity index (χ3v) is 4.60. The molecule has 1 aromatic carbocycles. The monoisotopic (exact) mass is 366 g/mol. The Balaban J connectivity index is 1.35. The number of carbonyl (C=O) groups is 1. The molecule has 2 N–H and O–H groups in total. The van der Waals surface area contributed by atoms with Gasteiger partial charge in [-0.25, -0.2) is 14.6 Å². The van der Waals surface area contributed by atoms with E-state index >= 15 is 0 Å². The van der Waals surface area contributed by atoms with Crippen molar-refractivity contribution in [3.63, 3.8) is 0 Å². The zero-order chi connectivity index (χ0) is 18.5. The van der Waals surface area contributed by atoms with Crippen LogP contribution in [0.25, 0.3) is 11.2 Å². The molecule has 1 saturated heterocycles. The van der Waals surface area contributed by atoms with Gasteiger partial charge in [-0.05, 0) is 25.1 Å². The van der Waals surface area contributed by atoms with Crippen LogP contribution >= 0.6 is 0 Å². The standard InChI is InChI=1S/C19H22N6O2/c26-16(13-27-15-4-2-1-3-5-15)21-10-11-25-19-18(22-8-9-23-19)17(24-25)14-6-7-20-12-14/h1-5,8-9,14,20H,6-7,10-13H2,(H,21,26)/t14-/m0/s1. The Morgan fingerprint density at radius 2 is 2.11 bits per heavy atom. The van der Waals surface area contributed by atoms with Gasteiger partial charge in [-0.15, -0.1) is 0 Å². The van der Waals surface area contributed by atoms with E-state index in [1.807, 2.05) is 35.0 Å². The highest BCUT2D eigenvalue weighted by Crippen LogP contribution is 2.26. The van der Waals surface area contributed by atoms with Gasteiger partial charge in [0.1, 0.15) is 11.3 Å². The molecule has 140 valence electrons. The van der Waals surface area contributed by atoms with Gasteiger partial charge in [0.15, 0.2) is 12.3 Å². The average Bonchev–Trinajstić information content (AvgIpc) is 3.35. The minimum absolute atomic E-state index is 0.0112. The number of hydrogen-bond donors (Lipinski definition) is 2. The zero-order valence-corrected chi connectivity index (χ0v) is 15.0. The van der Waals surface area contributed by atoms with Crippen molar-refractivity contribution in [2.75, 3.05) is 26.2 Å². The van der Waals surface area contributed by atoms with Gasteiger partial charge in [-0.1, -0.05) is 18.2 Å². The molecule has 4 rings (SSSR count). The van der Waals surface area contributed by atoms with E-state index in [4.69, 9.17) is 9.84 Å². The second kappa shape index (κ2) is 8.13. The molecule has 8 nitrogen and oxygen atoms in total. The molecule has 0 unspecified atom stereocenters. The quantitative estimate of drug-likeness (QED) is 0.650. The number of amides is 1. The fourth-order valence-electron chi connectivity index (χ4n) is 3.26. The van der Waals surface area contributed by atoms with Crippen LogP contribution in [-0.2, 0) is 11.3 Å². The van der Waals surface area contributed by atoms with Crippen molar-refractivity contribution in [3.05, 3.63) is 48.4 Å². The van der Waals surface area contributed by atoms with Gasteiger partial charge >= 0.3 is 0 Å². The normalized spacial score (nSPS) is 16.5. The zero-order valence-electron chi connectivity index (χ0n) is 15.0. The summed E-state index contributed by atoms with van der Waals surface area (Å²) in [6.07, 6.45) is 4.42. The summed E-state index contributed by atoms with van der Waals surface area (Å²) >= 11 is 0. The molecule has 1 aliphatic heterocycles. The number of aromatic nitrogens is 4. The van der Waals surface area contributed by atoms with Gasteiger partial charge in [-0.2, -0.15) is 5.10 Å². The molecular weight excluding hydrogens is 344 g/mol. The van der Waals surface area contributed by atoms with Crippen LogP contribution in [0.4, 0.5) is 0 Å². The summed E-state index contributed by atoms with van der Waals surface area (Å²) in [5, 5.41) is 11.0. The fraction of sp³-hybridized carbons (Fsp3) is 0.368. The van der Waals surface area contributed by atoms with Crippen molar-refractivity contribution in [2.45, 2.75) is 18.9 Å². The number of para-hydroxylation sites is 1. The van der Waals surface area contributed by atoms with Gasteiger partial charge in [0, 0.05) is 31.4 Å². The molecule has 1 fully saturated rings. The van der Waals surface area contributed by atoms with Crippen molar-refractivity contribution in [1.82, 2.24) is 30.4 Å². The number of nitrogens with one attached hydrogen (secondary N) is 2. The van der Waals surface area contributed by atoms with E-state index < -0.39 is 0 Å². The summed E-state index contributed by atoms with van der Waals surface area (Å²) in [4.78, 5) is 20.9. The molecule has 0 aliphatic carbocycles. The van der Waals surface area contributed by atoms with E-state index in [1.54, 1.807) is 12.4 Å². The lowest BCUT2D eigenvalue weighted by atomic mass is 10.0. The summed E-state index contributed by atoms with van der Waals surface area (Å²) in [5.74, 6) is 0.872. The van der Waals surface area contributed by atoms with Crippen molar-refractivity contribution in [3.8, 4) is 5.75 Å². The van der Waals surface area contributed by atoms with E-state index in [9.17, 15) is 4.79 Å². The van der Waals surface area contributed by atoms with Gasteiger partial charge in [0.2, 0.25) is 0 Å². The van der Waals surface area contributed by atoms with Crippen molar-refractivity contribution in [2.24, 2.45) is 0 Å². The Kier molecular flexibility index (Phi) is 5.24. The van der Waals surface area contributed by atoms with Crippen LogP contribution in [0.2, 0.25) is 0 Å². The van der Waals surface area contributed by atoms with Crippen LogP contribution < -0.4 is 15.4 Å². The molecule has 0 bridgehead atoms. The van der Waals surface area contributed by atoms with E-state index in [-0.39, 0.29) is 12.5 Å². The second-order valence-corrected chi connectivity index (χ2v) is 6.48. The summed E-state index contributed by atoms with van der Waals surface area (Å²) in [6.45, 7) is 2.88. The first-order valence-corrected chi connectivity index (χ1v) is 9.14. The minimum atomic E-state index is -0.165. The Morgan fingerprint density at radius 1 is 1.26 bits per heavy atom. The average molecular weight is 366 g/mol. The first kappa shape index (κ1) is 17.4. The molecule has 1 aliphatic rings. The highest BCUT2D eigenvalue weighted by molar-refractivity contribution is 5.77. The first-order chi connectivity index (χ1) is 13.3. The number of ether oxygens (including phenoxy) is 1. The highest BCUT2D eigenvalue weighted by atomic mass is 16.5. The Bertz CT molecular complexity index is 905. The molecule has 2 aromatic heterocycles. The van der Waals surface area contributed by atoms with Crippen LogP contribution in [-0.4, -0.2) is 51.9 Å². The molecule has 0 saturated carbocycles. The lowest BCUT2D eigenvalue weighted by Gasteiger charge is -2.08. The maximum Gasteiger partial charge on any atom is 0.258 e. The molecular formula is C19H22N6O2. The highest BCUT2D eigenvalue weighted by Gasteiger charge is 2.24. The third kappa shape index (κ3) is 4.06. The molecule has 0 radical (unpaired) electrons. The summed E-state index contributed by atoms with van der Waals surface area (Å²) in [6, 6.07) is 9.28. The van der Waals surface area contributed by atoms with Gasteiger partial charge < -0.3 is 15.4 Å². The number of rotatable bonds is 7. The van der Waals surface area contributed by atoms with Crippen LogP contribution in [0, 0.1) is 0 Å². The Morgan fingerprint density at radius 3 is 2.93 bits per heavy atom. The largest absolute Gasteiger partial charge is 0.484 e.